The molecule has 0 aliphatic rings. The lowest BCUT2D eigenvalue weighted by Crippen LogP contribution is -2.15. The van der Waals surface area contributed by atoms with Crippen LogP contribution in [0.15, 0.2) is 28.8 Å². The van der Waals surface area contributed by atoms with Gasteiger partial charge in [-0.2, -0.15) is 4.68 Å². The minimum absolute atomic E-state index is 0.0129. The molecular formula is C15H14FN5O3. The summed E-state index contributed by atoms with van der Waals surface area (Å²) in [6, 6.07) is 5.29. The monoisotopic (exact) mass is 331 g/mol. The van der Waals surface area contributed by atoms with Crippen LogP contribution < -0.4 is 0 Å². The minimum Gasteiger partial charge on any atom is -0.389 e. The Kier molecular flexibility index (Phi) is 4.17. The van der Waals surface area contributed by atoms with Crippen molar-refractivity contribution in [1.82, 2.24) is 25.4 Å². The van der Waals surface area contributed by atoms with Crippen LogP contribution in [-0.2, 0) is 6.42 Å². The Morgan fingerprint density at radius 1 is 1.42 bits per heavy atom. The van der Waals surface area contributed by atoms with Crippen molar-refractivity contribution < 1.29 is 18.8 Å². The summed E-state index contributed by atoms with van der Waals surface area (Å²) in [5.41, 5.74) is 1.24. The van der Waals surface area contributed by atoms with Crippen LogP contribution in [0.25, 0.3) is 11.4 Å². The Labute approximate surface area is 135 Å². The van der Waals surface area contributed by atoms with E-state index in [1.54, 1.807) is 0 Å². The highest BCUT2D eigenvalue weighted by Gasteiger charge is 2.23. The number of hydrogen-bond donors (Lipinski definition) is 1. The number of carbonyl (C=O) groups is 1. The zero-order valence-corrected chi connectivity index (χ0v) is 13.0. The zero-order chi connectivity index (χ0) is 17.3. The highest BCUT2D eigenvalue weighted by molar-refractivity contribution is 5.94. The van der Waals surface area contributed by atoms with E-state index in [4.69, 9.17) is 4.52 Å². The number of aryl methyl sites for hydroxylation is 1. The number of aliphatic hydroxyl groups excluding tert-OH is 1. The van der Waals surface area contributed by atoms with Crippen LogP contribution in [0.1, 0.15) is 41.8 Å². The number of aromatic nitrogens is 5. The Morgan fingerprint density at radius 3 is 2.88 bits per heavy atom. The first-order valence-electron chi connectivity index (χ1n) is 7.27. The second kappa shape index (κ2) is 6.28. The number of carbonyl (C=O) groups excluding carboxylic acids is 1. The van der Waals surface area contributed by atoms with Gasteiger partial charge in [-0.3, -0.25) is 4.79 Å². The predicted octanol–water partition coefficient (Wildman–Crippen LogP) is 1.77. The van der Waals surface area contributed by atoms with E-state index in [0.717, 1.165) is 4.68 Å². The molecule has 9 heteroatoms. The van der Waals surface area contributed by atoms with E-state index < -0.39 is 17.8 Å². The summed E-state index contributed by atoms with van der Waals surface area (Å²) < 4.78 is 19.4. The summed E-state index contributed by atoms with van der Waals surface area (Å²) in [7, 11) is 0. The Morgan fingerprint density at radius 2 is 2.21 bits per heavy atom. The van der Waals surface area contributed by atoms with Gasteiger partial charge in [0.25, 0.3) is 0 Å². The fraction of sp³-hybridized carbons (Fsp3) is 0.267. The molecule has 1 N–H and O–H groups in total. The third kappa shape index (κ3) is 2.81. The average molecular weight is 331 g/mol. The number of halogens is 1. The molecule has 2 aromatic heterocycles. The van der Waals surface area contributed by atoms with Crippen LogP contribution >= 0.6 is 0 Å². The van der Waals surface area contributed by atoms with Gasteiger partial charge in [0.1, 0.15) is 5.82 Å². The molecule has 0 aliphatic carbocycles. The third-order valence-electron chi connectivity index (χ3n) is 3.50. The van der Waals surface area contributed by atoms with Crippen molar-refractivity contribution in [3.8, 4) is 11.4 Å². The molecule has 124 valence electrons. The Balaban J connectivity index is 2.07. The second-order valence-electron chi connectivity index (χ2n) is 5.16. The van der Waals surface area contributed by atoms with Crippen molar-refractivity contribution in [2.45, 2.75) is 26.4 Å². The molecule has 1 aromatic carbocycles. The SMILES string of the molecule is CCc1cc(C(=O)n2nnnc2-c2ccc(F)cc2C(C)O)on1. The van der Waals surface area contributed by atoms with Crippen molar-refractivity contribution in [1.29, 1.82) is 0 Å². The van der Waals surface area contributed by atoms with Crippen molar-refractivity contribution in [3.63, 3.8) is 0 Å². The molecule has 3 rings (SSSR count). The van der Waals surface area contributed by atoms with E-state index in [2.05, 4.69) is 20.7 Å². The van der Waals surface area contributed by atoms with Crippen LogP contribution in [-0.4, -0.2) is 36.4 Å². The maximum absolute atomic E-state index is 13.5. The van der Waals surface area contributed by atoms with E-state index >= 15 is 0 Å². The van der Waals surface area contributed by atoms with Crippen molar-refractivity contribution >= 4 is 5.91 Å². The Bertz CT molecular complexity index is 887. The lowest BCUT2D eigenvalue weighted by molar-refractivity contribution is 0.0907. The molecule has 1 atom stereocenters. The van der Waals surface area contributed by atoms with Crippen molar-refractivity contribution in [2.75, 3.05) is 0 Å². The van der Waals surface area contributed by atoms with E-state index in [9.17, 15) is 14.3 Å². The van der Waals surface area contributed by atoms with E-state index in [-0.39, 0.29) is 17.1 Å². The van der Waals surface area contributed by atoms with Crippen LogP contribution in [0.2, 0.25) is 0 Å². The van der Waals surface area contributed by atoms with Crippen molar-refractivity contribution in [2.24, 2.45) is 0 Å². The average Bonchev–Trinajstić information content (AvgIpc) is 3.23. The van der Waals surface area contributed by atoms with Gasteiger partial charge in [0.05, 0.1) is 11.8 Å². The largest absolute Gasteiger partial charge is 0.389 e. The smallest absolute Gasteiger partial charge is 0.320 e. The number of rotatable bonds is 4. The molecule has 0 radical (unpaired) electrons. The van der Waals surface area contributed by atoms with Gasteiger partial charge in [-0.05, 0) is 47.5 Å². The minimum atomic E-state index is -0.965. The van der Waals surface area contributed by atoms with Crippen LogP contribution in [0, 0.1) is 5.82 Å². The molecule has 0 amide bonds. The quantitative estimate of drug-likeness (QED) is 0.726. The first-order valence-corrected chi connectivity index (χ1v) is 7.27. The number of hydrogen-bond acceptors (Lipinski definition) is 7. The zero-order valence-electron chi connectivity index (χ0n) is 13.0. The molecule has 2 heterocycles. The number of tetrazole rings is 1. The molecule has 0 bridgehead atoms. The molecule has 0 spiro atoms. The topological polar surface area (TPSA) is 107 Å². The second-order valence-corrected chi connectivity index (χ2v) is 5.16. The standard InChI is InChI=1S/C15H14FN5O3/c1-3-10-7-13(24-18-10)15(23)21-14(17-19-20-21)11-5-4-9(16)6-12(11)8(2)22/h4-8,22H,3H2,1-2H3. The van der Waals surface area contributed by atoms with Gasteiger partial charge in [0.15, 0.2) is 5.82 Å². The van der Waals surface area contributed by atoms with Crippen molar-refractivity contribution in [3.05, 3.63) is 47.1 Å². The molecule has 0 saturated heterocycles. The maximum atomic E-state index is 13.5. The molecule has 0 aliphatic heterocycles. The number of benzene rings is 1. The third-order valence-corrected chi connectivity index (χ3v) is 3.50. The predicted molar refractivity (Wildman–Crippen MR) is 79.5 cm³/mol. The first-order chi connectivity index (χ1) is 11.5. The molecule has 0 fully saturated rings. The summed E-state index contributed by atoms with van der Waals surface area (Å²) in [6.07, 6.45) is -0.350. The lowest BCUT2D eigenvalue weighted by atomic mass is 10.0. The molecule has 1 unspecified atom stereocenters. The lowest BCUT2D eigenvalue weighted by Gasteiger charge is -2.11. The summed E-state index contributed by atoms with van der Waals surface area (Å²) in [6.45, 7) is 3.36. The number of nitrogens with zero attached hydrogens (tertiary/aromatic N) is 5. The van der Waals surface area contributed by atoms with E-state index in [0.29, 0.717) is 17.7 Å². The van der Waals surface area contributed by atoms with Gasteiger partial charge in [-0.1, -0.05) is 12.1 Å². The molecule has 24 heavy (non-hydrogen) atoms. The first kappa shape index (κ1) is 15.9. The molecule has 3 aromatic rings. The van der Waals surface area contributed by atoms with Crippen LogP contribution in [0.4, 0.5) is 4.39 Å². The van der Waals surface area contributed by atoms with Gasteiger partial charge in [0.2, 0.25) is 5.76 Å². The summed E-state index contributed by atoms with van der Waals surface area (Å²) in [5, 5.41) is 24.6. The summed E-state index contributed by atoms with van der Waals surface area (Å²) in [5.74, 6) is -1.06. The fourth-order valence-corrected chi connectivity index (χ4v) is 2.26. The molecule has 0 saturated carbocycles. The van der Waals surface area contributed by atoms with Gasteiger partial charge >= 0.3 is 5.91 Å². The van der Waals surface area contributed by atoms with E-state index in [1.165, 1.54) is 31.2 Å². The highest BCUT2D eigenvalue weighted by Crippen LogP contribution is 2.27. The molecular weight excluding hydrogens is 317 g/mol. The van der Waals surface area contributed by atoms with Gasteiger partial charge in [-0.15, -0.1) is 5.10 Å². The highest BCUT2D eigenvalue weighted by atomic mass is 19.1. The fourth-order valence-electron chi connectivity index (χ4n) is 2.26. The van der Waals surface area contributed by atoms with Gasteiger partial charge in [0, 0.05) is 11.6 Å². The Hall–Kier alpha value is -2.94. The van der Waals surface area contributed by atoms with Gasteiger partial charge in [-0.25, -0.2) is 4.39 Å². The summed E-state index contributed by atoms with van der Waals surface area (Å²) in [4.78, 5) is 12.5. The van der Waals surface area contributed by atoms with Crippen LogP contribution in [0.3, 0.4) is 0 Å². The van der Waals surface area contributed by atoms with Crippen LogP contribution in [0.5, 0.6) is 0 Å². The normalized spacial score (nSPS) is 12.3. The van der Waals surface area contributed by atoms with E-state index in [1.807, 2.05) is 6.92 Å². The van der Waals surface area contributed by atoms with Gasteiger partial charge < -0.3 is 9.63 Å². The number of aliphatic hydroxyl groups is 1. The maximum Gasteiger partial charge on any atom is 0.320 e. The molecule has 8 nitrogen and oxygen atoms in total. The summed E-state index contributed by atoms with van der Waals surface area (Å²) >= 11 is 0.